The number of phenolic OH excluding ortho intramolecular Hbond substituents is 1. The zero-order chi connectivity index (χ0) is 22.2. The number of aldehydes is 1. The van der Waals surface area contributed by atoms with Crippen LogP contribution in [0.3, 0.4) is 0 Å². The van der Waals surface area contributed by atoms with Crippen LogP contribution in [0.15, 0.2) is 66.7 Å². The van der Waals surface area contributed by atoms with Crippen molar-refractivity contribution < 1.29 is 29.3 Å². The van der Waals surface area contributed by atoms with Gasteiger partial charge in [0.1, 0.15) is 23.9 Å². The highest BCUT2D eigenvalue weighted by molar-refractivity contribution is 5.88. The second-order valence-electron chi connectivity index (χ2n) is 6.74. The summed E-state index contributed by atoms with van der Waals surface area (Å²) >= 11 is 0. The first-order valence-corrected chi connectivity index (χ1v) is 9.58. The zero-order valence-electron chi connectivity index (χ0n) is 16.9. The van der Waals surface area contributed by atoms with Crippen LogP contribution in [-0.4, -0.2) is 29.6 Å². The summed E-state index contributed by atoms with van der Waals surface area (Å²) in [5.74, 6) is -0.365. The minimum atomic E-state index is -1.05. The lowest BCUT2D eigenvalue weighted by Crippen LogP contribution is -2.04. The second kappa shape index (κ2) is 10.1. The van der Waals surface area contributed by atoms with Gasteiger partial charge in [-0.15, -0.1) is 0 Å². The van der Waals surface area contributed by atoms with E-state index in [1.807, 2.05) is 42.5 Å². The Kier molecular flexibility index (Phi) is 7.06. The summed E-state index contributed by atoms with van der Waals surface area (Å²) in [4.78, 5) is 22.4. The van der Waals surface area contributed by atoms with Crippen molar-refractivity contribution in [3.8, 4) is 17.2 Å². The molecule has 0 unspecified atom stereocenters. The molecule has 3 aromatic carbocycles. The van der Waals surface area contributed by atoms with E-state index in [0.29, 0.717) is 35.3 Å². The molecular formula is C25H22O6. The lowest BCUT2D eigenvalue weighted by atomic mass is 10.0. The summed E-state index contributed by atoms with van der Waals surface area (Å²) in [6.07, 6.45) is 4.75. The quantitative estimate of drug-likeness (QED) is 0.487. The van der Waals surface area contributed by atoms with Crippen LogP contribution in [0.2, 0.25) is 0 Å². The van der Waals surface area contributed by atoms with Crippen LogP contribution in [0, 0.1) is 0 Å². The Balaban J connectivity index is 1.84. The molecule has 0 atom stereocenters. The maximum atomic E-state index is 11.3. The lowest BCUT2D eigenvalue weighted by molar-refractivity contribution is 0.0696. The molecule has 158 valence electrons. The number of carboxylic acid groups (broad SMARTS) is 1. The van der Waals surface area contributed by atoms with Crippen molar-refractivity contribution in [3.05, 3.63) is 94.6 Å². The van der Waals surface area contributed by atoms with E-state index in [9.17, 15) is 14.7 Å². The predicted molar refractivity (Wildman–Crippen MR) is 117 cm³/mol. The fourth-order valence-electron chi connectivity index (χ4n) is 3.09. The number of methoxy groups -OCH3 is 1. The number of phenols is 1. The average molecular weight is 418 g/mol. The van der Waals surface area contributed by atoms with Gasteiger partial charge in [-0.25, -0.2) is 4.79 Å². The summed E-state index contributed by atoms with van der Waals surface area (Å²) in [6, 6.07) is 17.4. The van der Waals surface area contributed by atoms with Crippen molar-refractivity contribution in [2.45, 2.75) is 13.0 Å². The maximum Gasteiger partial charge on any atom is 0.335 e. The topological polar surface area (TPSA) is 93.1 Å². The Morgan fingerprint density at radius 2 is 1.81 bits per heavy atom. The first kappa shape index (κ1) is 21.6. The highest BCUT2D eigenvalue weighted by Crippen LogP contribution is 2.33. The number of ether oxygens (including phenoxy) is 2. The SMILES string of the molecule is COc1cc(C(=O)O)ccc1COc1ccc(C=O)c(O)c1CC=Cc1ccccc1. The molecule has 6 nitrogen and oxygen atoms in total. The molecule has 6 heteroatoms. The Bertz CT molecular complexity index is 1100. The summed E-state index contributed by atoms with van der Waals surface area (Å²) in [6.45, 7) is 0.0956. The molecule has 0 saturated heterocycles. The van der Waals surface area contributed by atoms with Crippen molar-refractivity contribution in [1.29, 1.82) is 0 Å². The third-order valence-corrected chi connectivity index (χ3v) is 4.75. The number of carbonyl (C=O) groups excluding carboxylic acids is 1. The Labute approximate surface area is 180 Å². The number of aromatic hydroxyl groups is 1. The molecular weight excluding hydrogens is 396 g/mol. The Morgan fingerprint density at radius 3 is 2.48 bits per heavy atom. The number of allylic oxidation sites excluding steroid dienone is 1. The molecule has 0 spiro atoms. The predicted octanol–water partition coefficient (Wildman–Crippen LogP) is 4.75. The van der Waals surface area contributed by atoms with Crippen molar-refractivity contribution in [2.24, 2.45) is 0 Å². The second-order valence-corrected chi connectivity index (χ2v) is 6.74. The fraction of sp³-hybridized carbons (Fsp3) is 0.120. The van der Waals surface area contributed by atoms with Gasteiger partial charge in [0.25, 0.3) is 0 Å². The number of hydrogen-bond acceptors (Lipinski definition) is 5. The van der Waals surface area contributed by atoms with E-state index in [0.717, 1.165) is 5.56 Å². The average Bonchev–Trinajstić information content (AvgIpc) is 2.79. The molecule has 0 saturated carbocycles. The number of carbonyl (C=O) groups is 2. The summed E-state index contributed by atoms with van der Waals surface area (Å²) in [7, 11) is 1.45. The fourth-order valence-corrected chi connectivity index (χ4v) is 3.09. The van der Waals surface area contributed by atoms with Gasteiger partial charge in [0.15, 0.2) is 6.29 Å². The lowest BCUT2D eigenvalue weighted by Gasteiger charge is -2.15. The van der Waals surface area contributed by atoms with Gasteiger partial charge in [-0.2, -0.15) is 0 Å². The molecule has 0 fully saturated rings. The van der Waals surface area contributed by atoms with Crippen molar-refractivity contribution >= 4 is 18.3 Å². The molecule has 0 amide bonds. The highest BCUT2D eigenvalue weighted by Gasteiger charge is 2.15. The molecule has 0 aliphatic carbocycles. The van der Waals surface area contributed by atoms with Gasteiger partial charge in [-0.3, -0.25) is 4.79 Å². The van der Waals surface area contributed by atoms with Crippen molar-refractivity contribution in [2.75, 3.05) is 7.11 Å². The number of carboxylic acids is 1. The standard InChI is InChI=1S/C25H22O6/c1-30-23-14-18(25(28)29)10-11-20(23)16-31-22-13-12-19(15-26)24(27)21(22)9-5-8-17-6-3-2-4-7-17/h2-8,10-15,27H,9,16H2,1H3,(H,28,29). The van der Waals surface area contributed by atoms with Gasteiger partial charge in [0, 0.05) is 11.1 Å². The van der Waals surface area contributed by atoms with Gasteiger partial charge in [-0.1, -0.05) is 48.6 Å². The number of rotatable bonds is 9. The van der Waals surface area contributed by atoms with Crippen LogP contribution >= 0.6 is 0 Å². The molecule has 0 radical (unpaired) electrons. The molecule has 31 heavy (non-hydrogen) atoms. The molecule has 0 aliphatic heterocycles. The van der Waals surface area contributed by atoms with Crippen molar-refractivity contribution in [1.82, 2.24) is 0 Å². The van der Waals surface area contributed by atoms with Crippen LogP contribution in [0.1, 0.15) is 37.4 Å². The third-order valence-electron chi connectivity index (χ3n) is 4.75. The van der Waals surface area contributed by atoms with E-state index in [-0.39, 0.29) is 23.5 Å². The van der Waals surface area contributed by atoms with E-state index >= 15 is 0 Å². The minimum Gasteiger partial charge on any atom is -0.507 e. The van der Waals surface area contributed by atoms with Crippen LogP contribution < -0.4 is 9.47 Å². The summed E-state index contributed by atoms with van der Waals surface area (Å²) in [5, 5.41) is 19.7. The van der Waals surface area contributed by atoms with Crippen LogP contribution in [0.4, 0.5) is 0 Å². The monoisotopic (exact) mass is 418 g/mol. The molecule has 2 N–H and O–H groups in total. The van der Waals surface area contributed by atoms with Gasteiger partial charge in [0.2, 0.25) is 0 Å². The molecule has 0 heterocycles. The number of benzene rings is 3. The van der Waals surface area contributed by atoms with Crippen LogP contribution in [0.25, 0.3) is 6.08 Å². The first-order valence-electron chi connectivity index (χ1n) is 9.58. The number of hydrogen-bond donors (Lipinski definition) is 2. The largest absolute Gasteiger partial charge is 0.507 e. The van der Waals surface area contributed by atoms with Gasteiger partial charge >= 0.3 is 5.97 Å². The van der Waals surface area contributed by atoms with Gasteiger partial charge in [-0.05, 0) is 36.2 Å². The highest BCUT2D eigenvalue weighted by atomic mass is 16.5. The van der Waals surface area contributed by atoms with Gasteiger partial charge in [0.05, 0.1) is 18.2 Å². The van der Waals surface area contributed by atoms with E-state index in [1.54, 1.807) is 12.1 Å². The van der Waals surface area contributed by atoms with E-state index in [2.05, 4.69) is 0 Å². The first-order chi connectivity index (χ1) is 15.0. The van der Waals surface area contributed by atoms with E-state index in [1.165, 1.54) is 25.3 Å². The van der Waals surface area contributed by atoms with Crippen LogP contribution in [0.5, 0.6) is 17.2 Å². The van der Waals surface area contributed by atoms with E-state index in [4.69, 9.17) is 14.6 Å². The zero-order valence-corrected chi connectivity index (χ0v) is 16.9. The summed E-state index contributed by atoms with van der Waals surface area (Å²) < 4.78 is 11.2. The molecule has 3 rings (SSSR count). The van der Waals surface area contributed by atoms with E-state index < -0.39 is 5.97 Å². The molecule has 0 bridgehead atoms. The Hall–Kier alpha value is -4.06. The Morgan fingerprint density at radius 1 is 1.03 bits per heavy atom. The number of aromatic carboxylic acids is 1. The summed E-state index contributed by atoms with van der Waals surface area (Å²) in [5.41, 5.74) is 2.44. The normalized spacial score (nSPS) is 10.7. The smallest absolute Gasteiger partial charge is 0.335 e. The molecule has 3 aromatic rings. The maximum absolute atomic E-state index is 11.3. The minimum absolute atomic E-state index is 0.0956. The van der Waals surface area contributed by atoms with Crippen LogP contribution in [-0.2, 0) is 13.0 Å². The third kappa shape index (κ3) is 5.30. The van der Waals surface area contributed by atoms with Crippen molar-refractivity contribution in [3.63, 3.8) is 0 Å². The van der Waals surface area contributed by atoms with Gasteiger partial charge < -0.3 is 19.7 Å². The molecule has 0 aromatic heterocycles. The molecule has 0 aliphatic rings.